The summed E-state index contributed by atoms with van der Waals surface area (Å²) in [6.45, 7) is 6.35. The molecule has 17 heavy (non-hydrogen) atoms. The Morgan fingerprint density at radius 3 is 2.47 bits per heavy atom. The Morgan fingerprint density at radius 1 is 1.24 bits per heavy atom. The van der Waals surface area contributed by atoms with Crippen molar-refractivity contribution >= 4 is 11.6 Å². The molecule has 0 radical (unpaired) electrons. The maximum Gasteiger partial charge on any atom is 0.0835 e. The Morgan fingerprint density at radius 2 is 1.88 bits per heavy atom. The molecule has 94 valence electrons. The number of halogens is 1. The number of hydrogen-bond donors (Lipinski definition) is 1. The summed E-state index contributed by atoms with van der Waals surface area (Å²) in [5, 5.41) is 11.2. The minimum atomic E-state index is -0.403. The van der Waals surface area contributed by atoms with Gasteiger partial charge in [0.15, 0.2) is 0 Å². The van der Waals surface area contributed by atoms with E-state index in [0.29, 0.717) is 16.9 Å². The standard InChI is InChI=1S/C15H21ClO/c1-9-5-4-6-12(9)15(17)13-7-10(2)11(3)8-14(13)16/h7-9,12,15,17H,4-6H2,1-3H3. The largest absolute Gasteiger partial charge is 0.388 e. The predicted octanol–water partition coefficient (Wildman–Crippen LogP) is 4.43. The second-order valence-electron chi connectivity index (χ2n) is 5.47. The first-order chi connectivity index (χ1) is 8.00. The van der Waals surface area contributed by atoms with Crippen LogP contribution in [0, 0.1) is 25.7 Å². The molecule has 2 heteroatoms. The van der Waals surface area contributed by atoms with E-state index in [1.165, 1.54) is 24.0 Å². The second kappa shape index (κ2) is 4.99. The highest BCUT2D eigenvalue weighted by atomic mass is 35.5. The third-order valence-corrected chi connectivity index (χ3v) is 4.59. The molecule has 3 atom stereocenters. The van der Waals surface area contributed by atoms with Crippen molar-refractivity contribution in [2.75, 3.05) is 0 Å². The van der Waals surface area contributed by atoms with Crippen molar-refractivity contribution in [3.63, 3.8) is 0 Å². The normalized spacial score (nSPS) is 26.2. The van der Waals surface area contributed by atoms with Gasteiger partial charge in [0.1, 0.15) is 0 Å². The van der Waals surface area contributed by atoms with Gasteiger partial charge in [-0.05, 0) is 54.9 Å². The molecular weight excluding hydrogens is 232 g/mol. The van der Waals surface area contributed by atoms with Crippen LogP contribution in [-0.2, 0) is 0 Å². The number of hydrogen-bond acceptors (Lipinski definition) is 1. The van der Waals surface area contributed by atoms with Gasteiger partial charge in [-0.15, -0.1) is 0 Å². The second-order valence-corrected chi connectivity index (χ2v) is 5.88. The molecule has 1 saturated carbocycles. The molecule has 1 fully saturated rings. The first-order valence-corrected chi connectivity index (χ1v) is 6.83. The van der Waals surface area contributed by atoms with E-state index in [-0.39, 0.29) is 0 Å². The summed E-state index contributed by atoms with van der Waals surface area (Å²) in [7, 11) is 0. The molecule has 1 nitrogen and oxygen atoms in total. The molecule has 2 rings (SSSR count). The first kappa shape index (κ1) is 12.9. The van der Waals surface area contributed by atoms with Crippen LogP contribution in [0.25, 0.3) is 0 Å². The minimum absolute atomic E-state index is 0.370. The Bertz CT molecular complexity index is 414. The maximum absolute atomic E-state index is 10.5. The fourth-order valence-corrected chi connectivity index (χ4v) is 3.23. The lowest BCUT2D eigenvalue weighted by Crippen LogP contribution is -2.15. The van der Waals surface area contributed by atoms with Gasteiger partial charge in [0.05, 0.1) is 6.10 Å². The zero-order chi connectivity index (χ0) is 12.6. The van der Waals surface area contributed by atoms with Crippen LogP contribution in [0.4, 0.5) is 0 Å². The molecule has 0 bridgehead atoms. The minimum Gasteiger partial charge on any atom is -0.388 e. The van der Waals surface area contributed by atoms with Crippen molar-refractivity contribution in [1.29, 1.82) is 0 Å². The average molecular weight is 253 g/mol. The zero-order valence-corrected chi connectivity index (χ0v) is 11.6. The van der Waals surface area contributed by atoms with Gasteiger partial charge in [-0.3, -0.25) is 0 Å². The van der Waals surface area contributed by atoms with Gasteiger partial charge in [0.25, 0.3) is 0 Å². The molecule has 0 aliphatic heterocycles. The number of benzene rings is 1. The van der Waals surface area contributed by atoms with E-state index < -0.39 is 6.10 Å². The van der Waals surface area contributed by atoms with Crippen molar-refractivity contribution in [3.05, 3.63) is 33.8 Å². The summed E-state index contributed by atoms with van der Waals surface area (Å²) < 4.78 is 0. The molecule has 1 aliphatic rings. The van der Waals surface area contributed by atoms with E-state index in [1.54, 1.807) is 0 Å². The van der Waals surface area contributed by atoms with Crippen molar-refractivity contribution in [1.82, 2.24) is 0 Å². The highest BCUT2D eigenvalue weighted by Crippen LogP contribution is 2.42. The SMILES string of the molecule is Cc1cc(Cl)c(C(O)C2CCCC2C)cc1C. The summed E-state index contributed by atoms with van der Waals surface area (Å²) in [6.07, 6.45) is 3.17. The van der Waals surface area contributed by atoms with Crippen LogP contribution < -0.4 is 0 Å². The zero-order valence-electron chi connectivity index (χ0n) is 10.8. The van der Waals surface area contributed by atoms with E-state index >= 15 is 0 Å². The van der Waals surface area contributed by atoms with Crippen LogP contribution in [0.3, 0.4) is 0 Å². The lowest BCUT2D eigenvalue weighted by Gasteiger charge is -2.24. The molecular formula is C15H21ClO. The maximum atomic E-state index is 10.5. The van der Waals surface area contributed by atoms with Gasteiger partial charge in [-0.1, -0.05) is 37.4 Å². The molecule has 1 aliphatic carbocycles. The van der Waals surface area contributed by atoms with E-state index in [0.717, 1.165) is 12.0 Å². The van der Waals surface area contributed by atoms with E-state index in [4.69, 9.17) is 11.6 Å². The van der Waals surface area contributed by atoms with Gasteiger partial charge < -0.3 is 5.11 Å². The third kappa shape index (κ3) is 2.51. The van der Waals surface area contributed by atoms with Gasteiger partial charge in [-0.2, -0.15) is 0 Å². The summed E-state index contributed by atoms with van der Waals surface area (Å²) in [5.41, 5.74) is 3.30. The van der Waals surface area contributed by atoms with Crippen LogP contribution in [0.15, 0.2) is 12.1 Å². The molecule has 0 aromatic heterocycles. The van der Waals surface area contributed by atoms with Gasteiger partial charge in [0, 0.05) is 5.02 Å². The van der Waals surface area contributed by atoms with Crippen LogP contribution in [0.5, 0.6) is 0 Å². The fourth-order valence-electron chi connectivity index (χ4n) is 2.90. The summed E-state index contributed by atoms with van der Waals surface area (Å²) >= 11 is 6.26. The fraction of sp³-hybridized carbons (Fsp3) is 0.600. The van der Waals surface area contributed by atoms with Crippen molar-refractivity contribution in [3.8, 4) is 0 Å². The third-order valence-electron chi connectivity index (χ3n) is 4.27. The van der Waals surface area contributed by atoms with Crippen LogP contribution >= 0.6 is 11.6 Å². The van der Waals surface area contributed by atoms with Crippen LogP contribution in [-0.4, -0.2) is 5.11 Å². The molecule has 1 aromatic rings. The van der Waals surface area contributed by atoms with Gasteiger partial charge >= 0.3 is 0 Å². The number of aryl methyl sites for hydroxylation is 2. The summed E-state index contributed by atoms with van der Waals surface area (Å²) in [4.78, 5) is 0. The van der Waals surface area contributed by atoms with Gasteiger partial charge in [-0.25, -0.2) is 0 Å². The summed E-state index contributed by atoms with van der Waals surface area (Å²) in [6, 6.07) is 4.02. The lowest BCUT2D eigenvalue weighted by atomic mass is 9.87. The Kier molecular flexibility index (Phi) is 3.79. The molecule has 0 saturated heterocycles. The average Bonchev–Trinajstić information content (AvgIpc) is 2.69. The molecule has 1 aromatic carbocycles. The van der Waals surface area contributed by atoms with Crippen LogP contribution in [0.2, 0.25) is 5.02 Å². The van der Waals surface area contributed by atoms with E-state index in [9.17, 15) is 5.11 Å². The summed E-state index contributed by atoms with van der Waals surface area (Å²) in [5.74, 6) is 0.970. The first-order valence-electron chi connectivity index (χ1n) is 6.45. The van der Waals surface area contributed by atoms with Crippen molar-refractivity contribution in [2.45, 2.75) is 46.1 Å². The number of aliphatic hydroxyl groups is 1. The molecule has 1 N–H and O–H groups in total. The highest BCUT2D eigenvalue weighted by molar-refractivity contribution is 6.31. The molecule has 0 spiro atoms. The highest BCUT2D eigenvalue weighted by Gasteiger charge is 2.31. The monoisotopic (exact) mass is 252 g/mol. The Balaban J connectivity index is 2.30. The smallest absolute Gasteiger partial charge is 0.0835 e. The topological polar surface area (TPSA) is 20.2 Å². The Hall–Kier alpha value is -0.530. The van der Waals surface area contributed by atoms with Crippen LogP contribution in [0.1, 0.15) is 49.0 Å². The van der Waals surface area contributed by atoms with Gasteiger partial charge in [0.2, 0.25) is 0 Å². The van der Waals surface area contributed by atoms with Crippen molar-refractivity contribution in [2.24, 2.45) is 11.8 Å². The molecule has 0 amide bonds. The van der Waals surface area contributed by atoms with Crippen molar-refractivity contribution < 1.29 is 5.11 Å². The lowest BCUT2D eigenvalue weighted by molar-refractivity contribution is 0.0901. The predicted molar refractivity (Wildman–Crippen MR) is 72.4 cm³/mol. The Labute approximate surface area is 109 Å². The quantitative estimate of drug-likeness (QED) is 0.826. The number of rotatable bonds is 2. The number of aliphatic hydroxyl groups excluding tert-OH is 1. The van der Waals surface area contributed by atoms with E-state index in [1.807, 2.05) is 12.1 Å². The van der Waals surface area contributed by atoms with E-state index in [2.05, 4.69) is 20.8 Å². The molecule has 3 unspecified atom stereocenters. The molecule has 0 heterocycles.